The summed E-state index contributed by atoms with van der Waals surface area (Å²) in [7, 11) is 0. The largest absolute Gasteiger partial charge is 0.352 e. The highest BCUT2D eigenvalue weighted by molar-refractivity contribution is 5.99. The summed E-state index contributed by atoms with van der Waals surface area (Å²) in [5, 5.41) is 6.96. The Morgan fingerprint density at radius 2 is 1.75 bits per heavy atom. The molecule has 0 bridgehead atoms. The van der Waals surface area contributed by atoms with Gasteiger partial charge in [-0.05, 0) is 36.6 Å². The van der Waals surface area contributed by atoms with Crippen LogP contribution < -0.4 is 5.32 Å². The Balaban J connectivity index is 1.45. The molecule has 28 heavy (non-hydrogen) atoms. The third-order valence-electron chi connectivity index (χ3n) is 4.60. The Kier molecular flexibility index (Phi) is 6.32. The zero-order valence-corrected chi connectivity index (χ0v) is 16.2. The quantitative estimate of drug-likeness (QED) is 0.613. The molecule has 0 aliphatic heterocycles. The van der Waals surface area contributed by atoms with Crippen LogP contribution in [0.3, 0.4) is 0 Å². The van der Waals surface area contributed by atoms with E-state index in [0.717, 1.165) is 22.3 Å². The number of aromatic nitrogens is 3. The molecule has 0 aliphatic rings. The topological polar surface area (TPSA) is 76.9 Å². The van der Waals surface area contributed by atoms with Crippen LogP contribution in [0.2, 0.25) is 0 Å². The minimum absolute atomic E-state index is 0.00816. The van der Waals surface area contributed by atoms with Gasteiger partial charge in [-0.25, -0.2) is 9.67 Å². The molecular formula is C22H24N4O2. The molecule has 1 heterocycles. The Morgan fingerprint density at radius 3 is 2.46 bits per heavy atom. The molecule has 0 unspecified atom stereocenters. The number of aryl methyl sites for hydroxylation is 2. The standard InChI is InChI=1S/C22H24N4O2/c1-16-3-4-17(2)20(11-16)21(27)9-10-22(28)24-12-18-5-7-19(8-6-18)13-26-15-23-14-25-26/h3-8,11,14-15H,9-10,12-13H2,1-2H3,(H,24,28). The minimum atomic E-state index is -0.120. The lowest BCUT2D eigenvalue weighted by molar-refractivity contribution is -0.121. The van der Waals surface area contributed by atoms with E-state index in [0.29, 0.717) is 18.7 Å². The fourth-order valence-corrected chi connectivity index (χ4v) is 2.95. The number of carbonyl (C=O) groups is 2. The predicted octanol–water partition coefficient (Wildman–Crippen LogP) is 3.22. The Hall–Kier alpha value is -3.28. The van der Waals surface area contributed by atoms with Crippen molar-refractivity contribution in [3.63, 3.8) is 0 Å². The van der Waals surface area contributed by atoms with Crippen molar-refractivity contribution in [3.8, 4) is 0 Å². The third kappa shape index (κ3) is 5.36. The first-order valence-electron chi connectivity index (χ1n) is 9.28. The van der Waals surface area contributed by atoms with Gasteiger partial charge in [-0.3, -0.25) is 9.59 Å². The second kappa shape index (κ2) is 9.08. The van der Waals surface area contributed by atoms with Crippen molar-refractivity contribution in [1.29, 1.82) is 0 Å². The van der Waals surface area contributed by atoms with E-state index in [1.165, 1.54) is 6.33 Å². The van der Waals surface area contributed by atoms with E-state index in [9.17, 15) is 9.59 Å². The molecule has 3 rings (SSSR count). The van der Waals surface area contributed by atoms with Gasteiger partial charge in [0.05, 0.1) is 6.54 Å². The summed E-state index contributed by atoms with van der Waals surface area (Å²) >= 11 is 0. The summed E-state index contributed by atoms with van der Waals surface area (Å²) in [6.45, 7) is 4.98. The van der Waals surface area contributed by atoms with E-state index in [4.69, 9.17) is 0 Å². The number of ketones is 1. The summed E-state index contributed by atoms with van der Waals surface area (Å²) in [6, 6.07) is 13.8. The van der Waals surface area contributed by atoms with E-state index in [1.54, 1.807) is 11.0 Å². The molecule has 1 amide bonds. The van der Waals surface area contributed by atoms with Gasteiger partial charge in [-0.2, -0.15) is 5.10 Å². The molecule has 3 aromatic rings. The molecular weight excluding hydrogens is 352 g/mol. The number of nitrogens with zero attached hydrogens (tertiary/aromatic N) is 3. The minimum Gasteiger partial charge on any atom is -0.352 e. The maximum absolute atomic E-state index is 12.4. The molecule has 0 spiro atoms. The maximum atomic E-state index is 12.4. The van der Waals surface area contributed by atoms with E-state index in [2.05, 4.69) is 15.4 Å². The van der Waals surface area contributed by atoms with E-state index in [1.807, 2.05) is 56.3 Å². The van der Waals surface area contributed by atoms with Crippen molar-refractivity contribution in [3.05, 3.63) is 82.9 Å². The number of Topliss-reactive ketones (excluding diaryl/α,β-unsaturated/α-hetero) is 1. The molecule has 0 saturated heterocycles. The van der Waals surface area contributed by atoms with Crippen molar-refractivity contribution in [2.24, 2.45) is 0 Å². The second-order valence-corrected chi connectivity index (χ2v) is 6.93. The first-order chi connectivity index (χ1) is 13.5. The van der Waals surface area contributed by atoms with E-state index < -0.39 is 0 Å². The van der Waals surface area contributed by atoms with Crippen LogP contribution in [-0.2, 0) is 17.9 Å². The van der Waals surface area contributed by atoms with Gasteiger partial charge in [0.15, 0.2) is 5.78 Å². The molecule has 0 atom stereocenters. The van der Waals surface area contributed by atoms with Crippen LogP contribution >= 0.6 is 0 Å². The third-order valence-corrected chi connectivity index (χ3v) is 4.60. The Morgan fingerprint density at radius 1 is 1.00 bits per heavy atom. The van der Waals surface area contributed by atoms with Gasteiger partial charge in [0.25, 0.3) is 0 Å². The van der Waals surface area contributed by atoms with Gasteiger partial charge < -0.3 is 5.32 Å². The highest BCUT2D eigenvalue weighted by Crippen LogP contribution is 2.14. The van der Waals surface area contributed by atoms with Gasteiger partial charge in [0.1, 0.15) is 12.7 Å². The molecule has 0 saturated carbocycles. The van der Waals surface area contributed by atoms with Gasteiger partial charge in [-0.15, -0.1) is 0 Å². The fourth-order valence-electron chi connectivity index (χ4n) is 2.95. The van der Waals surface area contributed by atoms with Crippen molar-refractivity contribution in [1.82, 2.24) is 20.1 Å². The van der Waals surface area contributed by atoms with Crippen molar-refractivity contribution >= 4 is 11.7 Å². The number of hydrogen-bond acceptors (Lipinski definition) is 4. The van der Waals surface area contributed by atoms with Crippen LogP contribution in [0.1, 0.15) is 45.5 Å². The lowest BCUT2D eigenvalue weighted by Gasteiger charge is -2.08. The van der Waals surface area contributed by atoms with Gasteiger partial charge in [0.2, 0.25) is 5.91 Å². The summed E-state index contributed by atoms with van der Waals surface area (Å²) < 4.78 is 1.75. The van der Waals surface area contributed by atoms with Crippen LogP contribution in [0, 0.1) is 13.8 Å². The van der Waals surface area contributed by atoms with E-state index in [-0.39, 0.29) is 24.5 Å². The molecule has 0 aliphatic carbocycles. The highest BCUT2D eigenvalue weighted by atomic mass is 16.2. The lowest BCUT2D eigenvalue weighted by Crippen LogP contribution is -2.23. The maximum Gasteiger partial charge on any atom is 0.220 e. The molecule has 0 radical (unpaired) electrons. The zero-order valence-electron chi connectivity index (χ0n) is 16.2. The monoisotopic (exact) mass is 376 g/mol. The van der Waals surface area contributed by atoms with Crippen LogP contribution in [0.4, 0.5) is 0 Å². The smallest absolute Gasteiger partial charge is 0.220 e. The normalized spacial score (nSPS) is 10.6. The Bertz CT molecular complexity index is 947. The van der Waals surface area contributed by atoms with Crippen molar-refractivity contribution in [2.45, 2.75) is 39.8 Å². The number of nitrogens with one attached hydrogen (secondary N) is 1. The average molecular weight is 376 g/mol. The summed E-state index contributed by atoms with van der Waals surface area (Å²) in [6.07, 6.45) is 3.59. The van der Waals surface area contributed by atoms with Crippen LogP contribution in [-0.4, -0.2) is 26.5 Å². The van der Waals surface area contributed by atoms with Gasteiger partial charge in [-0.1, -0.05) is 42.0 Å². The predicted molar refractivity (Wildman–Crippen MR) is 107 cm³/mol. The molecule has 2 aromatic carbocycles. The second-order valence-electron chi connectivity index (χ2n) is 6.93. The molecule has 0 fully saturated rings. The van der Waals surface area contributed by atoms with Crippen molar-refractivity contribution in [2.75, 3.05) is 0 Å². The fraction of sp³-hybridized carbons (Fsp3) is 0.273. The first kappa shape index (κ1) is 19.5. The number of rotatable bonds is 8. The molecule has 1 aromatic heterocycles. The number of benzene rings is 2. The van der Waals surface area contributed by atoms with E-state index >= 15 is 0 Å². The molecule has 1 N–H and O–H groups in total. The summed E-state index contributed by atoms with van der Waals surface area (Å²) in [4.78, 5) is 28.4. The molecule has 6 heteroatoms. The van der Waals surface area contributed by atoms with Crippen LogP contribution in [0.15, 0.2) is 55.1 Å². The Labute approximate surface area is 164 Å². The van der Waals surface area contributed by atoms with Crippen LogP contribution in [0.5, 0.6) is 0 Å². The highest BCUT2D eigenvalue weighted by Gasteiger charge is 2.12. The summed E-state index contributed by atoms with van der Waals surface area (Å²) in [5.41, 5.74) is 4.82. The van der Waals surface area contributed by atoms with Gasteiger partial charge >= 0.3 is 0 Å². The van der Waals surface area contributed by atoms with Crippen molar-refractivity contribution < 1.29 is 9.59 Å². The summed E-state index contributed by atoms with van der Waals surface area (Å²) in [5.74, 6) is -0.112. The van der Waals surface area contributed by atoms with Crippen LogP contribution in [0.25, 0.3) is 0 Å². The lowest BCUT2D eigenvalue weighted by atomic mass is 9.99. The average Bonchev–Trinajstić information content (AvgIpc) is 3.20. The zero-order chi connectivity index (χ0) is 19.9. The first-order valence-corrected chi connectivity index (χ1v) is 9.28. The van der Waals surface area contributed by atoms with Gasteiger partial charge in [0, 0.05) is 24.9 Å². The number of carbonyl (C=O) groups excluding carboxylic acids is 2. The number of amides is 1. The number of hydrogen-bond donors (Lipinski definition) is 1. The SMILES string of the molecule is Cc1ccc(C)c(C(=O)CCC(=O)NCc2ccc(Cn3cncn3)cc2)c1. The molecule has 144 valence electrons. The molecule has 6 nitrogen and oxygen atoms in total.